The molecule has 2 aromatic rings. The summed E-state index contributed by atoms with van der Waals surface area (Å²) in [5.41, 5.74) is 1.96. The van der Waals surface area contributed by atoms with Gasteiger partial charge in [-0.1, -0.05) is 13.0 Å². The van der Waals surface area contributed by atoms with Gasteiger partial charge in [0.15, 0.2) is 5.22 Å². The number of carbonyl (C=O) groups excluding carboxylic acids is 1. The van der Waals surface area contributed by atoms with Gasteiger partial charge in [-0.2, -0.15) is 0 Å². The number of likely N-dealkylation sites (tertiary alicyclic amines) is 1. The minimum Gasteiger partial charge on any atom is -0.444 e. The highest BCUT2D eigenvalue weighted by Crippen LogP contribution is 2.30. The van der Waals surface area contributed by atoms with Gasteiger partial charge < -0.3 is 9.32 Å². The lowest BCUT2D eigenvalue weighted by Crippen LogP contribution is -2.44. The molecular weight excluding hydrogens is 293 g/mol. The summed E-state index contributed by atoms with van der Waals surface area (Å²) in [5.74, 6) is 0.0259. The van der Waals surface area contributed by atoms with Crippen molar-refractivity contribution < 1.29 is 13.6 Å². The fourth-order valence-electron chi connectivity index (χ4n) is 2.95. The zero-order valence-electron chi connectivity index (χ0n) is 12.0. The maximum Gasteiger partial charge on any atom is 0.254 e. The van der Waals surface area contributed by atoms with Gasteiger partial charge in [0.2, 0.25) is 0 Å². The molecule has 1 aromatic heterocycles. The van der Waals surface area contributed by atoms with E-state index < -0.39 is 6.17 Å². The van der Waals surface area contributed by atoms with Crippen molar-refractivity contribution in [2.45, 2.75) is 26.4 Å². The van der Waals surface area contributed by atoms with Gasteiger partial charge in [-0.15, -0.1) is 0 Å². The van der Waals surface area contributed by atoms with Crippen molar-refractivity contribution in [2.75, 3.05) is 13.1 Å². The van der Waals surface area contributed by atoms with E-state index in [2.05, 4.69) is 0 Å². The molecule has 1 fully saturated rings. The van der Waals surface area contributed by atoms with E-state index in [-0.39, 0.29) is 18.4 Å². The molecule has 1 amide bonds. The zero-order chi connectivity index (χ0) is 15.1. The molecule has 1 aliphatic rings. The fourth-order valence-corrected chi connectivity index (χ4v) is 3.14. The number of hydrogen-bond acceptors (Lipinski definition) is 2. The van der Waals surface area contributed by atoms with Gasteiger partial charge in [0.25, 0.3) is 5.91 Å². The van der Waals surface area contributed by atoms with Crippen molar-refractivity contribution in [2.24, 2.45) is 5.92 Å². The number of halogens is 2. The molecule has 1 aromatic carbocycles. The Balaban J connectivity index is 1.91. The second-order valence-electron chi connectivity index (χ2n) is 5.86. The monoisotopic (exact) mass is 309 g/mol. The average Bonchev–Trinajstić information content (AvgIpc) is 2.71. The molecule has 1 aliphatic heterocycles. The summed E-state index contributed by atoms with van der Waals surface area (Å²) in [6, 6.07) is 5.26. The fraction of sp³-hybridized carbons (Fsp3) is 0.438. The molecule has 2 atom stereocenters. The number of fused-ring (bicyclic) bond motifs is 1. The first-order valence-corrected chi connectivity index (χ1v) is 7.45. The summed E-state index contributed by atoms with van der Waals surface area (Å²) in [6.45, 7) is 4.59. The summed E-state index contributed by atoms with van der Waals surface area (Å²) in [4.78, 5) is 14.1. The first kappa shape index (κ1) is 14.4. The second kappa shape index (κ2) is 5.34. The number of rotatable bonds is 1. The van der Waals surface area contributed by atoms with Crippen LogP contribution in [0.15, 0.2) is 22.6 Å². The lowest BCUT2D eigenvalue weighted by Gasteiger charge is -2.33. The second-order valence-corrected chi connectivity index (χ2v) is 6.20. The third kappa shape index (κ3) is 2.64. The molecule has 112 valence electrons. The summed E-state index contributed by atoms with van der Waals surface area (Å²) >= 11 is 5.96. The van der Waals surface area contributed by atoms with Gasteiger partial charge in [-0.25, -0.2) is 4.39 Å². The quantitative estimate of drug-likeness (QED) is 0.790. The van der Waals surface area contributed by atoms with Crippen LogP contribution in [0.1, 0.15) is 29.3 Å². The number of furan rings is 1. The SMILES string of the molecule is Cc1c(Cl)oc2cc(C(=O)N3C[C@H](C)C[C@@H](F)C3)ccc12. The highest BCUT2D eigenvalue weighted by molar-refractivity contribution is 6.30. The van der Waals surface area contributed by atoms with Gasteiger partial charge in [0.05, 0.1) is 6.54 Å². The molecule has 1 saturated heterocycles. The van der Waals surface area contributed by atoms with Crippen LogP contribution in [0, 0.1) is 12.8 Å². The molecule has 0 saturated carbocycles. The minimum atomic E-state index is -0.943. The van der Waals surface area contributed by atoms with Crippen molar-refractivity contribution in [1.82, 2.24) is 4.90 Å². The van der Waals surface area contributed by atoms with Crippen LogP contribution in [-0.2, 0) is 0 Å². The first-order chi connectivity index (χ1) is 9.95. The molecule has 0 radical (unpaired) electrons. The molecule has 0 N–H and O–H groups in total. The lowest BCUT2D eigenvalue weighted by molar-refractivity contribution is 0.0555. The van der Waals surface area contributed by atoms with Crippen LogP contribution < -0.4 is 0 Å². The van der Waals surface area contributed by atoms with E-state index >= 15 is 0 Å². The maximum atomic E-state index is 13.6. The Kier molecular flexibility index (Phi) is 3.66. The van der Waals surface area contributed by atoms with E-state index in [0.29, 0.717) is 29.3 Å². The lowest BCUT2D eigenvalue weighted by atomic mass is 9.98. The van der Waals surface area contributed by atoms with Crippen molar-refractivity contribution in [3.05, 3.63) is 34.5 Å². The Bertz CT molecular complexity index is 687. The van der Waals surface area contributed by atoms with E-state index in [0.717, 1.165) is 10.9 Å². The Morgan fingerprint density at radius 1 is 1.43 bits per heavy atom. The minimum absolute atomic E-state index is 0.156. The summed E-state index contributed by atoms with van der Waals surface area (Å²) in [7, 11) is 0. The van der Waals surface area contributed by atoms with Crippen LogP contribution in [-0.4, -0.2) is 30.1 Å². The Morgan fingerprint density at radius 3 is 2.90 bits per heavy atom. The van der Waals surface area contributed by atoms with E-state index in [9.17, 15) is 9.18 Å². The van der Waals surface area contributed by atoms with Crippen LogP contribution in [0.3, 0.4) is 0 Å². The standard InChI is InChI=1S/C16H17ClFNO2/c1-9-5-12(18)8-19(7-9)16(20)11-3-4-13-10(2)15(17)21-14(13)6-11/h3-4,6,9,12H,5,7-8H2,1-2H3/t9-,12-/m1/s1. The van der Waals surface area contributed by atoms with Crippen molar-refractivity contribution in [3.8, 4) is 0 Å². The Morgan fingerprint density at radius 2 is 2.19 bits per heavy atom. The number of hydrogen-bond donors (Lipinski definition) is 0. The van der Waals surface area contributed by atoms with E-state index in [1.54, 1.807) is 17.0 Å². The molecular formula is C16H17ClFNO2. The van der Waals surface area contributed by atoms with Crippen LogP contribution in [0.2, 0.25) is 5.22 Å². The van der Waals surface area contributed by atoms with Crippen LogP contribution >= 0.6 is 11.6 Å². The Labute approximate surface area is 127 Å². The summed E-state index contributed by atoms with van der Waals surface area (Å²) in [6.07, 6.45) is -0.419. The first-order valence-electron chi connectivity index (χ1n) is 7.07. The predicted octanol–water partition coefficient (Wildman–Crippen LogP) is 4.21. The van der Waals surface area contributed by atoms with Crippen LogP contribution in [0.4, 0.5) is 4.39 Å². The van der Waals surface area contributed by atoms with Gasteiger partial charge in [-0.3, -0.25) is 4.79 Å². The van der Waals surface area contributed by atoms with Crippen molar-refractivity contribution in [1.29, 1.82) is 0 Å². The number of amides is 1. The molecule has 3 nitrogen and oxygen atoms in total. The van der Waals surface area contributed by atoms with E-state index in [1.165, 1.54) is 0 Å². The molecule has 2 heterocycles. The Hall–Kier alpha value is -1.55. The van der Waals surface area contributed by atoms with Gasteiger partial charge in [0.1, 0.15) is 11.8 Å². The smallest absolute Gasteiger partial charge is 0.254 e. The van der Waals surface area contributed by atoms with Gasteiger partial charge in [0, 0.05) is 23.1 Å². The highest BCUT2D eigenvalue weighted by atomic mass is 35.5. The van der Waals surface area contributed by atoms with Crippen LogP contribution in [0.25, 0.3) is 11.0 Å². The zero-order valence-corrected chi connectivity index (χ0v) is 12.8. The predicted molar refractivity (Wildman–Crippen MR) is 80.5 cm³/mol. The molecule has 0 spiro atoms. The summed E-state index contributed by atoms with van der Waals surface area (Å²) < 4.78 is 19.1. The number of alkyl halides is 1. The van der Waals surface area contributed by atoms with E-state index in [1.807, 2.05) is 19.9 Å². The highest BCUT2D eigenvalue weighted by Gasteiger charge is 2.28. The molecule has 0 unspecified atom stereocenters. The number of carbonyl (C=O) groups is 1. The average molecular weight is 310 g/mol. The molecule has 3 rings (SSSR count). The number of benzene rings is 1. The topological polar surface area (TPSA) is 33.5 Å². The molecule has 21 heavy (non-hydrogen) atoms. The summed E-state index contributed by atoms with van der Waals surface area (Å²) in [5, 5.41) is 1.23. The maximum absolute atomic E-state index is 13.6. The third-order valence-corrected chi connectivity index (χ3v) is 4.38. The molecule has 5 heteroatoms. The van der Waals surface area contributed by atoms with Crippen LogP contribution in [0.5, 0.6) is 0 Å². The largest absolute Gasteiger partial charge is 0.444 e. The normalized spacial score (nSPS) is 22.8. The van der Waals surface area contributed by atoms with Crippen molar-refractivity contribution >= 4 is 28.5 Å². The molecule has 0 aliphatic carbocycles. The van der Waals surface area contributed by atoms with Gasteiger partial charge in [-0.05, 0) is 43.0 Å². The molecule has 0 bridgehead atoms. The number of aryl methyl sites for hydroxylation is 1. The van der Waals surface area contributed by atoms with E-state index in [4.69, 9.17) is 16.0 Å². The number of nitrogens with zero attached hydrogens (tertiary/aromatic N) is 1. The van der Waals surface area contributed by atoms with Gasteiger partial charge >= 0.3 is 0 Å². The number of piperidine rings is 1. The van der Waals surface area contributed by atoms with Crippen molar-refractivity contribution in [3.63, 3.8) is 0 Å². The third-order valence-electron chi connectivity index (χ3n) is 4.02.